The molecule has 0 amide bonds. The Labute approximate surface area is 172 Å². The fourth-order valence-corrected chi connectivity index (χ4v) is 5.75. The molecule has 1 saturated heterocycles. The molecular formula is C10H16ClFN3O12P3. The molecule has 2 heterocycles. The molecule has 0 bridgehead atoms. The van der Waals surface area contributed by atoms with Crippen LogP contribution in [-0.4, -0.2) is 53.4 Å². The van der Waals surface area contributed by atoms with E-state index in [0.717, 1.165) is 10.8 Å². The number of ether oxygens (including phenoxy) is 1. The van der Waals surface area contributed by atoms with Gasteiger partial charge in [-0.1, -0.05) is 0 Å². The van der Waals surface area contributed by atoms with Crippen LogP contribution in [0.1, 0.15) is 12.6 Å². The molecule has 15 nitrogen and oxygen atoms in total. The fourth-order valence-electron chi connectivity index (χ4n) is 2.40. The van der Waals surface area contributed by atoms with Crippen LogP contribution in [0, 0.1) is 0 Å². The zero-order valence-corrected chi connectivity index (χ0v) is 18.0. The molecule has 5 atom stereocenters. The van der Waals surface area contributed by atoms with Crippen LogP contribution in [0.4, 0.5) is 10.2 Å². The maximum Gasteiger partial charge on any atom is 0.490 e. The lowest BCUT2D eigenvalue weighted by Gasteiger charge is -2.27. The number of hydrogen-bond acceptors (Lipinski definition) is 10. The highest BCUT2D eigenvalue weighted by molar-refractivity contribution is 7.66. The molecule has 172 valence electrons. The highest BCUT2D eigenvalue weighted by atomic mass is 35.5. The molecule has 30 heavy (non-hydrogen) atoms. The second-order valence-corrected chi connectivity index (χ2v) is 10.6. The second kappa shape index (κ2) is 9.02. The Bertz CT molecular complexity index is 988. The number of nitrogens with zero attached hydrogens (tertiary/aromatic N) is 2. The van der Waals surface area contributed by atoms with Gasteiger partial charge in [-0.05, 0) is 6.07 Å². The van der Waals surface area contributed by atoms with Crippen LogP contribution in [0.2, 0.25) is 0 Å². The Kier molecular flexibility index (Phi) is 7.68. The van der Waals surface area contributed by atoms with Crippen molar-refractivity contribution in [2.45, 2.75) is 24.4 Å². The molecular weight excluding hydrogens is 501 g/mol. The van der Waals surface area contributed by atoms with Crippen molar-refractivity contribution in [3.63, 3.8) is 0 Å². The van der Waals surface area contributed by atoms with E-state index in [-0.39, 0.29) is 5.82 Å². The number of rotatable bonds is 9. The third-order valence-corrected chi connectivity index (χ3v) is 7.79. The summed E-state index contributed by atoms with van der Waals surface area (Å²) in [6, 6.07) is 1.20. The number of phosphoric ester groups is 1. The zero-order chi connectivity index (χ0) is 23.0. The Morgan fingerprint density at radius 2 is 1.93 bits per heavy atom. The third-order valence-electron chi connectivity index (χ3n) is 3.52. The molecule has 1 aromatic heterocycles. The minimum atomic E-state index is -5.73. The molecule has 20 heteroatoms. The van der Waals surface area contributed by atoms with Crippen LogP contribution in [0.25, 0.3) is 0 Å². The van der Waals surface area contributed by atoms with Crippen molar-refractivity contribution in [3.8, 4) is 0 Å². The minimum Gasteiger partial charge on any atom is -0.383 e. The molecule has 1 aromatic rings. The van der Waals surface area contributed by atoms with E-state index in [9.17, 15) is 27.8 Å². The van der Waals surface area contributed by atoms with Crippen molar-refractivity contribution in [2.24, 2.45) is 0 Å². The van der Waals surface area contributed by atoms with Gasteiger partial charge in [0.25, 0.3) is 0 Å². The number of aromatic nitrogens is 2. The first kappa shape index (κ1) is 25.5. The van der Waals surface area contributed by atoms with Crippen molar-refractivity contribution in [1.29, 1.82) is 0 Å². The van der Waals surface area contributed by atoms with E-state index in [2.05, 4.69) is 18.1 Å². The summed E-state index contributed by atoms with van der Waals surface area (Å²) in [4.78, 5) is 50.9. The molecule has 1 aliphatic rings. The van der Waals surface area contributed by atoms with Crippen molar-refractivity contribution < 1.29 is 55.5 Å². The molecule has 0 radical (unpaired) electrons. The molecule has 0 aliphatic carbocycles. The molecule has 0 spiro atoms. The van der Waals surface area contributed by atoms with E-state index in [4.69, 9.17) is 36.8 Å². The summed E-state index contributed by atoms with van der Waals surface area (Å²) in [6.07, 6.45) is -2.83. The Balaban J connectivity index is 2.12. The van der Waals surface area contributed by atoms with Crippen LogP contribution in [0.3, 0.4) is 0 Å². The van der Waals surface area contributed by atoms with Crippen LogP contribution in [0.15, 0.2) is 17.1 Å². The maximum absolute atomic E-state index is 14.5. The monoisotopic (exact) mass is 517 g/mol. The van der Waals surface area contributed by atoms with Gasteiger partial charge in [0, 0.05) is 12.6 Å². The first-order valence-corrected chi connectivity index (χ1v) is 12.6. The summed E-state index contributed by atoms with van der Waals surface area (Å²) in [7, 11) is -16.8. The first-order valence-electron chi connectivity index (χ1n) is 7.58. The topological polar surface area (TPSA) is 230 Å². The van der Waals surface area contributed by atoms with E-state index in [1.54, 1.807) is 0 Å². The number of alkyl halides is 2. The van der Waals surface area contributed by atoms with Crippen LogP contribution < -0.4 is 11.4 Å². The van der Waals surface area contributed by atoms with Gasteiger partial charge in [-0.2, -0.15) is 13.6 Å². The number of hydrogen-bond donors (Lipinski definition) is 5. The van der Waals surface area contributed by atoms with Crippen molar-refractivity contribution >= 4 is 40.9 Å². The van der Waals surface area contributed by atoms with E-state index >= 15 is 0 Å². The number of phosphoric acid groups is 3. The lowest BCUT2D eigenvalue weighted by molar-refractivity contribution is -0.0916. The van der Waals surface area contributed by atoms with Gasteiger partial charge in [0.05, 0.1) is 12.5 Å². The molecule has 1 aliphatic heterocycles. The molecule has 2 rings (SSSR count). The summed E-state index contributed by atoms with van der Waals surface area (Å²) in [5.41, 5.74) is 2.61. The van der Waals surface area contributed by atoms with Gasteiger partial charge in [0.15, 0.2) is 6.23 Å². The summed E-state index contributed by atoms with van der Waals surface area (Å²) in [5, 5.41) is 0. The molecule has 6 N–H and O–H groups in total. The highest BCUT2D eigenvalue weighted by Crippen LogP contribution is 2.66. The molecule has 0 aromatic carbocycles. The Morgan fingerprint density at radius 1 is 1.30 bits per heavy atom. The van der Waals surface area contributed by atoms with Crippen LogP contribution in [0.5, 0.6) is 0 Å². The first-order chi connectivity index (χ1) is 13.6. The molecule has 1 fully saturated rings. The summed E-state index contributed by atoms with van der Waals surface area (Å²) in [6.45, 7) is -0.978. The largest absolute Gasteiger partial charge is 0.490 e. The quantitative estimate of drug-likeness (QED) is 0.220. The number of nitrogen functional groups attached to an aromatic ring is 1. The molecule has 0 saturated carbocycles. The van der Waals surface area contributed by atoms with Crippen molar-refractivity contribution in [1.82, 2.24) is 9.55 Å². The number of nitrogens with two attached hydrogens (primary N) is 1. The second-order valence-electron chi connectivity index (χ2n) is 5.95. The SMILES string of the molecule is Nc1ccn([C@@H]2O[C@](CCl)(COP(=O)(O)OP(=O)(O)OP(=O)(O)O)C[C@@H]2F)c(=O)n1. The lowest BCUT2D eigenvalue weighted by atomic mass is 10.0. The fraction of sp³-hybridized carbons (Fsp3) is 0.600. The Hall–Kier alpha value is -0.730. The predicted octanol–water partition coefficient (Wildman–Crippen LogP) is 0.403. The van der Waals surface area contributed by atoms with Gasteiger partial charge in [-0.15, -0.1) is 11.6 Å². The maximum atomic E-state index is 14.5. The average molecular weight is 518 g/mol. The van der Waals surface area contributed by atoms with E-state index in [1.165, 1.54) is 6.07 Å². The van der Waals surface area contributed by atoms with Crippen molar-refractivity contribution in [3.05, 3.63) is 22.7 Å². The van der Waals surface area contributed by atoms with Gasteiger partial charge in [-0.3, -0.25) is 9.09 Å². The van der Waals surface area contributed by atoms with Gasteiger partial charge in [-0.25, -0.2) is 22.9 Å². The van der Waals surface area contributed by atoms with Gasteiger partial charge < -0.3 is 30.0 Å². The predicted molar refractivity (Wildman–Crippen MR) is 95.8 cm³/mol. The van der Waals surface area contributed by atoms with E-state index < -0.39 is 66.1 Å². The highest BCUT2D eigenvalue weighted by Gasteiger charge is 2.50. The Morgan fingerprint density at radius 3 is 2.47 bits per heavy atom. The van der Waals surface area contributed by atoms with E-state index in [1.807, 2.05) is 0 Å². The summed E-state index contributed by atoms with van der Waals surface area (Å²) >= 11 is 5.76. The minimum absolute atomic E-state index is 0.124. The summed E-state index contributed by atoms with van der Waals surface area (Å²) < 4.78 is 66.0. The lowest BCUT2D eigenvalue weighted by Crippen LogP contribution is -2.37. The van der Waals surface area contributed by atoms with Crippen LogP contribution >= 0.6 is 35.1 Å². The van der Waals surface area contributed by atoms with Gasteiger partial charge in [0.2, 0.25) is 0 Å². The standard InChI is InChI=1S/C10H16ClFN3O12P3/c11-4-10(5-24-29(20,21)27-30(22,23)26-28(17,18)19)3-6(12)8(25-10)15-2-1-7(13)14-9(15)16/h1-2,6,8H,3-5H2,(H,20,21)(H,22,23)(H2,13,14,16)(H2,17,18,19)/t6-,8+,10+/m0/s1. The summed E-state index contributed by atoms with van der Waals surface area (Å²) in [5.74, 6) is -0.641. The zero-order valence-electron chi connectivity index (χ0n) is 14.6. The normalized spacial score (nSPS) is 28.7. The third kappa shape index (κ3) is 6.89. The number of halogens is 2. The van der Waals surface area contributed by atoms with Crippen molar-refractivity contribution in [2.75, 3.05) is 18.2 Å². The van der Waals surface area contributed by atoms with E-state index in [0.29, 0.717) is 0 Å². The van der Waals surface area contributed by atoms with Crippen LogP contribution in [-0.2, 0) is 31.6 Å². The number of anilines is 1. The smallest absolute Gasteiger partial charge is 0.383 e. The van der Waals surface area contributed by atoms with Gasteiger partial charge in [0.1, 0.15) is 17.6 Å². The average Bonchev–Trinajstić information content (AvgIpc) is 2.87. The van der Waals surface area contributed by atoms with Gasteiger partial charge >= 0.3 is 29.2 Å². The molecule has 2 unspecified atom stereocenters.